The topological polar surface area (TPSA) is 59.4 Å². The predicted molar refractivity (Wildman–Crippen MR) is 59.5 cm³/mol. The zero-order valence-corrected chi connectivity index (χ0v) is 8.52. The molecule has 15 heavy (non-hydrogen) atoms. The predicted octanol–water partition coefficient (Wildman–Crippen LogP) is 1.54. The average Bonchev–Trinajstić information content (AvgIpc) is 2.69. The van der Waals surface area contributed by atoms with Gasteiger partial charge in [0, 0.05) is 12.0 Å². The van der Waals surface area contributed by atoms with E-state index in [0.29, 0.717) is 6.54 Å². The summed E-state index contributed by atoms with van der Waals surface area (Å²) >= 11 is 0. The van der Waals surface area contributed by atoms with Gasteiger partial charge < -0.3 is 15.3 Å². The van der Waals surface area contributed by atoms with Crippen LogP contribution in [0.4, 0.5) is 0 Å². The van der Waals surface area contributed by atoms with Crippen LogP contribution in [-0.4, -0.2) is 18.3 Å². The van der Waals surface area contributed by atoms with Gasteiger partial charge in [0.1, 0.15) is 5.58 Å². The highest BCUT2D eigenvalue weighted by atomic mass is 16.3. The van der Waals surface area contributed by atoms with Gasteiger partial charge in [-0.2, -0.15) is 0 Å². The molecule has 0 fully saturated rings. The summed E-state index contributed by atoms with van der Waals surface area (Å²) in [4.78, 5) is 0. The van der Waals surface area contributed by atoms with Gasteiger partial charge in [-0.15, -0.1) is 0 Å². The normalized spacial score (nSPS) is 13.2. The zero-order chi connectivity index (χ0) is 10.7. The number of para-hydroxylation sites is 1. The third-order valence-corrected chi connectivity index (χ3v) is 2.66. The van der Waals surface area contributed by atoms with Crippen LogP contribution in [0.2, 0.25) is 0 Å². The van der Waals surface area contributed by atoms with Gasteiger partial charge in [0.15, 0.2) is 0 Å². The molecule has 0 amide bonds. The fourth-order valence-corrected chi connectivity index (χ4v) is 1.72. The van der Waals surface area contributed by atoms with Gasteiger partial charge in [0.05, 0.1) is 6.26 Å². The monoisotopic (exact) mass is 205 g/mol. The van der Waals surface area contributed by atoms with Crippen molar-refractivity contribution >= 4 is 11.0 Å². The van der Waals surface area contributed by atoms with Crippen LogP contribution in [-0.2, 0) is 6.42 Å². The van der Waals surface area contributed by atoms with Gasteiger partial charge in [-0.05, 0) is 30.5 Å². The molecule has 1 unspecified atom stereocenters. The fourth-order valence-electron chi connectivity index (χ4n) is 1.72. The first-order chi connectivity index (χ1) is 7.35. The van der Waals surface area contributed by atoms with Gasteiger partial charge in [-0.1, -0.05) is 18.2 Å². The van der Waals surface area contributed by atoms with Crippen molar-refractivity contribution < 1.29 is 9.52 Å². The Morgan fingerprint density at radius 2 is 2.13 bits per heavy atom. The second kappa shape index (κ2) is 4.47. The van der Waals surface area contributed by atoms with E-state index in [1.54, 1.807) is 6.26 Å². The zero-order valence-electron chi connectivity index (χ0n) is 8.52. The van der Waals surface area contributed by atoms with Crippen molar-refractivity contribution in [2.24, 2.45) is 11.7 Å². The molecule has 2 aromatic rings. The SMILES string of the molecule is NCC(CO)Cc1coc2ccccc12. The minimum absolute atomic E-state index is 0.117. The maximum atomic E-state index is 9.09. The molecular weight excluding hydrogens is 190 g/mol. The van der Waals surface area contributed by atoms with Crippen LogP contribution in [0.25, 0.3) is 11.0 Å². The van der Waals surface area contributed by atoms with Crippen molar-refractivity contribution in [3.8, 4) is 0 Å². The van der Waals surface area contributed by atoms with Crippen molar-refractivity contribution in [2.45, 2.75) is 6.42 Å². The molecule has 1 aromatic heterocycles. The van der Waals surface area contributed by atoms with Crippen molar-refractivity contribution in [1.82, 2.24) is 0 Å². The molecule has 1 atom stereocenters. The Morgan fingerprint density at radius 1 is 1.33 bits per heavy atom. The molecule has 3 nitrogen and oxygen atoms in total. The van der Waals surface area contributed by atoms with Crippen molar-refractivity contribution in [1.29, 1.82) is 0 Å². The van der Waals surface area contributed by atoms with Crippen molar-refractivity contribution in [3.05, 3.63) is 36.1 Å². The molecule has 0 spiro atoms. The Hall–Kier alpha value is -1.32. The van der Waals surface area contributed by atoms with Crippen LogP contribution >= 0.6 is 0 Å². The molecule has 0 bridgehead atoms. The lowest BCUT2D eigenvalue weighted by molar-refractivity contribution is 0.230. The van der Waals surface area contributed by atoms with Crippen LogP contribution < -0.4 is 5.73 Å². The molecule has 0 aliphatic rings. The first-order valence-corrected chi connectivity index (χ1v) is 5.11. The first kappa shape index (κ1) is 10.2. The molecule has 0 radical (unpaired) electrons. The quantitative estimate of drug-likeness (QED) is 0.796. The Balaban J connectivity index is 2.28. The summed E-state index contributed by atoms with van der Waals surface area (Å²) in [5.41, 5.74) is 7.56. The number of aliphatic hydroxyl groups excluding tert-OH is 1. The summed E-state index contributed by atoms with van der Waals surface area (Å²) < 4.78 is 5.42. The number of nitrogens with two attached hydrogens (primary N) is 1. The number of rotatable bonds is 4. The van der Waals surface area contributed by atoms with E-state index in [4.69, 9.17) is 15.3 Å². The van der Waals surface area contributed by atoms with Crippen LogP contribution in [0.3, 0.4) is 0 Å². The molecule has 0 saturated heterocycles. The van der Waals surface area contributed by atoms with Crippen molar-refractivity contribution in [2.75, 3.05) is 13.2 Å². The summed E-state index contributed by atoms with van der Waals surface area (Å²) in [6.07, 6.45) is 2.52. The second-order valence-corrected chi connectivity index (χ2v) is 3.75. The van der Waals surface area contributed by atoms with E-state index in [0.717, 1.165) is 23.0 Å². The molecular formula is C12H15NO2. The standard InChI is InChI=1S/C12H15NO2/c13-6-9(7-14)5-10-8-15-12-4-2-1-3-11(10)12/h1-4,8-9,14H,5-7,13H2. The fraction of sp³-hybridized carbons (Fsp3) is 0.333. The Kier molecular flexibility index (Phi) is 3.04. The highest BCUT2D eigenvalue weighted by molar-refractivity contribution is 5.80. The average molecular weight is 205 g/mol. The second-order valence-electron chi connectivity index (χ2n) is 3.75. The number of aliphatic hydroxyl groups is 1. The smallest absolute Gasteiger partial charge is 0.134 e. The van der Waals surface area contributed by atoms with Crippen molar-refractivity contribution in [3.63, 3.8) is 0 Å². The van der Waals surface area contributed by atoms with E-state index in [1.165, 1.54) is 0 Å². The maximum Gasteiger partial charge on any atom is 0.134 e. The summed E-state index contributed by atoms with van der Waals surface area (Å²) in [7, 11) is 0. The van der Waals surface area contributed by atoms with Gasteiger partial charge in [0.25, 0.3) is 0 Å². The lowest BCUT2D eigenvalue weighted by atomic mass is 10.00. The molecule has 0 saturated carbocycles. The van der Waals surface area contributed by atoms with E-state index in [1.807, 2.05) is 24.3 Å². The van der Waals surface area contributed by atoms with E-state index < -0.39 is 0 Å². The Bertz CT molecular complexity index is 432. The minimum Gasteiger partial charge on any atom is -0.464 e. The summed E-state index contributed by atoms with van der Waals surface area (Å²) in [6.45, 7) is 0.617. The van der Waals surface area contributed by atoms with Crippen LogP contribution in [0, 0.1) is 5.92 Å². The van der Waals surface area contributed by atoms with Crippen LogP contribution in [0.15, 0.2) is 34.9 Å². The van der Waals surface area contributed by atoms with Crippen LogP contribution in [0.1, 0.15) is 5.56 Å². The highest BCUT2D eigenvalue weighted by Crippen LogP contribution is 2.22. The molecule has 1 heterocycles. The summed E-state index contributed by atoms with van der Waals surface area (Å²) in [5.74, 6) is 0.117. The molecule has 1 aromatic carbocycles. The van der Waals surface area contributed by atoms with Gasteiger partial charge >= 0.3 is 0 Å². The molecule has 2 rings (SSSR count). The van der Waals surface area contributed by atoms with Gasteiger partial charge in [-0.3, -0.25) is 0 Å². The summed E-state index contributed by atoms with van der Waals surface area (Å²) in [5, 5.41) is 10.2. The maximum absolute atomic E-state index is 9.09. The molecule has 3 N–H and O–H groups in total. The molecule has 0 aliphatic heterocycles. The number of furan rings is 1. The number of benzene rings is 1. The third kappa shape index (κ3) is 2.03. The lowest BCUT2D eigenvalue weighted by Crippen LogP contribution is -2.20. The van der Waals surface area contributed by atoms with E-state index in [9.17, 15) is 0 Å². The van der Waals surface area contributed by atoms with E-state index in [-0.39, 0.29) is 12.5 Å². The molecule has 3 heteroatoms. The Labute approximate surface area is 88.5 Å². The largest absolute Gasteiger partial charge is 0.464 e. The van der Waals surface area contributed by atoms with E-state index in [2.05, 4.69) is 0 Å². The lowest BCUT2D eigenvalue weighted by Gasteiger charge is -2.09. The van der Waals surface area contributed by atoms with Crippen LogP contribution in [0.5, 0.6) is 0 Å². The molecule has 80 valence electrons. The Morgan fingerprint density at radius 3 is 2.87 bits per heavy atom. The number of hydrogen-bond acceptors (Lipinski definition) is 3. The minimum atomic E-state index is 0.117. The number of fused-ring (bicyclic) bond motifs is 1. The van der Waals surface area contributed by atoms with Gasteiger partial charge in [-0.25, -0.2) is 0 Å². The van der Waals surface area contributed by atoms with E-state index >= 15 is 0 Å². The van der Waals surface area contributed by atoms with Gasteiger partial charge in [0.2, 0.25) is 0 Å². The highest BCUT2D eigenvalue weighted by Gasteiger charge is 2.11. The molecule has 0 aliphatic carbocycles. The number of hydrogen-bond donors (Lipinski definition) is 2. The first-order valence-electron chi connectivity index (χ1n) is 5.11. The summed E-state index contributed by atoms with van der Waals surface area (Å²) in [6, 6.07) is 7.90. The third-order valence-electron chi connectivity index (χ3n) is 2.66.